The van der Waals surface area contributed by atoms with Gasteiger partial charge < -0.3 is 5.32 Å². The normalized spacial score (nSPS) is 18.3. The molecule has 4 nitrogen and oxygen atoms in total. The molecular formula is C28H28ClN3OS. The number of pyridine rings is 1. The van der Waals surface area contributed by atoms with Gasteiger partial charge >= 0.3 is 0 Å². The molecule has 2 heterocycles. The number of carbonyl (C=O) groups excluding carboxylic acids is 1. The Morgan fingerprint density at radius 3 is 2.62 bits per heavy atom. The number of carbonyl (C=O) groups is 1. The van der Waals surface area contributed by atoms with Gasteiger partial charge in [0, 0.05) is 40.5 Å². The molecule has 1 amide bonds. The van der Waals surface area contributed by atoms with E-state index < -0.39 is 0 Å². The average molecular weight is 490 g/mol. The summed E-state index contributed by atoms with van der Waals surface area (Å²) in [4.78, 5) is 20.4. The maximum atomic E-state index is 12.9. The topological polar surface area (TPSA) is 45.2 Å². The Bertz CT molecular complexity index is 1280. The zero-order chi connectivity index (χ0) is 23.5. The van der Waals surface area contributed by atoms with Gasteiger partial charge in [-0.2, -0.15) is 0 Å². The summed E-state index contributed by atoms with van der Waals surface area (Å²) in [5, 5.41) is 4.76. The van der Waals surface area contributed by atoms with Crippen LogP contribution in [0.3, 0.4) is 0 Å². The van der Waals surface area contributed by atoms with Crippen molar-refractivity contribution in [2.45, 2.75) is 44.3 Å². The highest BCUT2D eigenvalue weighted by molar-refractivity contribution is 7.21. The third-order valence-corrected chi connectivity index (χ3v) is 8.39. The maximum Gasteiger partial charge on any atom is 0.263 e. The van der Waals surface area contributed by atoms with Gasteiger partial charge in [0.15, 0.2) is 0 Å². The third kappa shape index (κ3) is 5.02. The van der Waals surface area contributed by atoms with E-state index in [1.807, 2.05) is 48.7 Å². The van der Waals surface area contributed by atoms with Crippen molar-refractivity contribution in [2.75, 3.05) is 7.05 Å². The highest BCUT2D eigenvalue weighted by atomic mass is 35.5. The SMILES string of the molecule is CN(Cc1cccc(-c2ccccn2)c1)C1CCC(NC(=O)c2sc3ccccc3c2Cl)CC1. The fraction of sp³-hybridized carbons (Fsp3) is 0.286. The first kappa shape index (κ1) is 23.0. The molecule has 0 bridgehead atoms. The fourth-order valence-corrected chi connectivity index (χ4v) is 6.27. The standard InChI is InChI=1S/C28H28ClN3OS/c1-32(18-19-7-6-8-20(17-19)24-10-4-5-16-30-24)22-14-12-21(13-15-22)31-28(33)27-26(29)23-9-2-3-11-25(23)34-27/h2-11,16-17,21-22H,12-15,18H2,1H3,(H,31,33). The van der Waals surface area contributed by atoms with E-state index in [2.05, 4.69) is 46.5 Å². The minimum atomic E-state index is -0.0469. The molecule has 0 radical (unpaired) electrons. The van der Waals surface area contributed by atoms with Crippen molar-refractivity contribution in [3.8, 4) is 11.3 Å². The van der Waals surface area contributed by atoms with E-state index in [4.69, 9.17) is 11.6 Å². The highest BCUT2D eigenvalue weighted by Crippen LogP contribution is 2.35. The van der Waals surface area contributed by atoms with E-state index in [1.165, 1.54) is 16.9 Å². The first-order chi connectivity index (χ1) is 16.6. The lowest BCUT2D eigenvalue weighted by Gasteiger charge is -2.35. The van der Waals surface area contributed by atoms with E-state index in [0.29, 0.717) is 15.9 Å². The van der Waals surface area contributed by atoms with Gasteiger partial charge in [0.25, 0.3) is 5.91 Å². The van der Waals surface area contributed by atoms with Crippen LogP contribution in [-0.2, 0) is 6.54 Å². The second-order valence-corrected chi connectivity index (χ2v) is 10.5. The van der Waals surface area contributed by atoms with Crippen LogP contribution in [0, 0.1) is 0 Å². The Hall–Kier alpha value is -2.73. The van der Waals surface area contributed by atoms with Gasteiger partial charge in [0.1, 0.15) is 4.88 Å². The molecule has 6 heteroatoms. The zero-order valence-electron chi connectivity index (χ0n) is 19.2. The van der Waals surface area contributed by atoms with Gasteiger partial charge in [-0.3, -0.25) is 14.7 Å². The Balaban J connectivity index is 1.16. The lowest BCUT2D eigenvalue weighted by atomic mass is 9.90. The molecule has 2 aromatic heterocycles. The number of aromatic nitrogens is 1. The molecule has 1 fully saturated rings. The fourth-order valence-electron chi connectivity index (χ4n) is 4.85. The van der Waals surface area contributed by atoms with Crippen LogP contribution in [0.15, 0.2) is 72.9 Å². The zero-order valence-corrected chi connectivity index (χ0v) is 20.8. The molecule has 1 N–H and O–H groups in total. The molecule has 1 aliphatic carbocycles. The first-order valence-corrected chi connectivity index (χ1v) is 13.0. The van der Waals surface area contributed by atoms with Crippen molar-refractivity contribution in [3.05, 3.63) is 88.4 Å². The number of hydrogen-bond acceptors (Lipinski definition) is 4. The van der Waals surface area contributed by atoms with Crippen molar-refractivity contribution in [1.29, 1.82) is 0 Å². The molecule has 5 rings (SSSR count). The largest absolute Gasteiger partial charge is 0.349 e. The van der Waals surface area contributed by atoms with Crippen LogP contribution in [0.4, 0.5) is 0 Å². The summed E-state index contributed by atoms with van der Waals surface area (Å²) in [5.74, 6) is -0.0469. The lowest BCUT2D eigenvalue weighted by molar-refractivity contribution is 0.0914. The highest BCUT2D eigenvalue weighted by Gasteiger charge is 2.26. The Kier molecular flexibility index (Phi) is 6.95. The summed E-state index contributed by atoms with van der Waals surface area (Å²) in [6, 6.07) is 23.3. The summed E-state index contributed by atoms with van der Waals surface area (Å²) in [6.07, 6.45) is 5.94. The number of benzene rings is 2. The predicted octanol–water partition coefficient (Wildman–Crippen LogP) is 6.79. The number of halogens is 1. The van der Waals surface area contributed by atoms with Crippen LogP contribution in [0.25, 0.3) is 21.3 Å². The molecule has 0 aliphatic heterocycles. The van der Waals surface area contributed by atoms with Gasteiger partial charge in [0.05, 0.1) is 10.7 Å². The number of amides is 1. The van der Waals surface area contributed by atoms with Gasteiger partial charge in [0.2, 0.25) is 0 Å². The quantitative estimate of drug-likeness (QED) is 0.324. The molecule has 0 saturated heterocycles. The molecule has 174 valence electrons. The van der Waals surface area contributed by atoms with Crippen molar-refractivity contribution in [3.63, 3.8) is 0 Å². The van der Waals surface area contributed by atoms with Crippen molar-refractivity contribution in [1.82, 2.24) is 15.2 Å². The summed E-state index contributed by atoms with van der Waals surface area (Å²) in [6.45, 7) is 0.903. The number of nitrogens with zero attached hydrogens (tertiary/aromatic N) is 2. The Morgan fingerprint density at radius 1 is 1.06 bits per heavy atom. The third-order valence-electron chi connectivity index (χ3n) is 6.72. The molecule has 0 unspecified atom stereocenters. The molecule has 0 atom stereocenters. The Morgan fingerprint density at radius 2 is 1.85 bits per heavy atom. The molecule has 34 heavy (non-hydrogen) atoms. The molecule has 2 aromatic carbocycles. The number of hydrogen-bond donors (Lipinski definition) is 1. The number of nitrogens with one attached hydrogen (secondary N) is 1. The number of rotatable bonds is 6. The summed E-state index contributed by atoms with van der Waals surface area (Å²) >= 11 is 7.97. The molecule has 4 aromatic rings. The van der Waals surface area contributed by atoms with Crippen molar-refractivity contribution in [2.24, 2.45) is 0 Å². The summed E-state index contributed by atoms with van der Waals surface area (Å²) in [7, 11) is 2.20. The van der Waals surface area contributed by atoms with Gasteiger partial charge in [-0.1, -0.05) is 54.1 Å². The monoisotopic (exact) mass is 489 g/mol. The molecular weight excluding hydrogens is 462 g/mol. The molecule has 1 aliphatic rings. The van der Waals surface area contributed by atoms with Crippen LogP contribution < -0.4 is 5.32 Å². The molecule has 1 saturated carbocycles. The van der Waals surface area contributed by atoms with Crippen LogP contribution in [0.5, 0.6) is 0 Å². The number of fused-ring (bicyclic) bond motifs is 1. The van der Waals surface area contributed by atoms with E-state index in [1.54, 1.807) is 0 Å². The van der Waals surface area contributed by atoms with E-state index in [9.17, 15) is 4.79 Å². The minimum Gasteiger partial charge on any atom is -0.349 e. The Labute approximate surface area is 209 Å². The second-order valence-electron chi connectivity index (χ2n) is 9.05. The van der Waals surface area contributed by atoms with Gasteiger partial charge in [-0.05, 0) is 62.6 Å². The predicted molar refractivity (Wildman–Crippen MR) is 141 cm³/mol. The van der Waals surface area contributed by atoms with Crippen LogP contribution in [-0.4, -0.2) is 34.9 Å². The van der Waals surface area contributed by atoms with Crippen LogP contribution in [0.1, 0.15) is 40.9 Å². The minimum absolute atomic E-state index is 0.0469. The van der Waals surface area contributed by atoms with E-state index in [-0.39, 0.29) is 11.9 Å². The maximum absolute atomic E-state index is 12.9. The number of thiophene rings is 1. The van der Waals surface area contributed by atoms with Crippen LogP contribution >= 0.6 is 22.9 Å². The summed E-state index contributed by atoms with van der Waals surface area (Å²) < 4.78 is 1.05. The molecule has 0 spiro atoms. The van der Waals surface area contributed by atoms with E-state index in [0.717, 1.165) is 53.6 Å². The average Bonchev–Trinajstić information content (AvgIpc) is 3.22. The first-order valence-electron chi connectivity index (χ1n) is 11.8. The van der Waals surface area contributed by atoms with Crippen molar-refractivity contribution < 1.29 is 4.79 Å². The second kappa shape index (κ2) is 10.3. The summed E-state index contributed by atoms with van der Waals surface area (Å²) in [5.41, 5.74) is 3.44. The van der Waals surface area contributed by atoms with Gasteiger partial charge in [-0.15, -0.1) is 11.3 Å². The van der Waals surface area contributed by atoms with Crippen molar-refractivity contribution >= 4 is 38.9 Å². The smallest absolute Gasteiger partial charge is 0.263 e. The van der Waals surface area contributed by atoms with Crippen LogP contribution in [0.2, 0.25) is 5.02 Å². The van der Waals surface area contributed by atoms with Gasteiger partial charge in [-0.25, -0.2) is 0 Å². The van der Waals surface area contributed by atoms with E-state index >= 15 is 0 Å². The lowest BCUT2D eigenvalue weighted by Crippen LogP contribution is -2.42.